The van der Waals surface area contributed by atoms with Gasteiger partial charge in [-0.25, -0.2) is 0 Å². The van der Waals surface area contributed by atoms with E-state index in [1.807, 2.05) is 42.0 Å². The molecule has 1 aromatic heterocycles. The van der Waals surface area contributed by atoms with Gasteiger partial charge in [-0.1, -0.05) is 31.0 Å². The van der Waals surface area contributed by atoms with Gasteiger partial charge in [0.1, 0.15) is 0 Å². The van der Waals surface area contributed by atoms with Crippen molar-refractivity contribution in [3.8, 4) is 0 Å². The predicted molar refractivity (Wildman–Crippen MR) is 88.5 cm³/mol. The molecule has 1 aliphatic carbocycles. The Morgan fingerprint density at radius 1 is 1.26 bits per heavy atom. The number of para-hydroxylation sites is 1. The van der Waals surface area contributed by atoms with Gasteiger partial charge in [0.2, 0.25) is 0 Å². The van der Waals surface area contributed by atoms with E-state index in [0.717, 1.165) is 43.1 Å². The lowest BCUT2D eigenvalue weighted by Crippen LogP contribution is -2.47. The molecule has 1 aromatic carbocycles. The molecule has 0 saturated heterocycles. The zero-order valence-corrected chi connectivity index (χ0v) is 13.3. The predicted octanol–water partition coefficient (Wildman–Crippen LogP) is 3.18. The minimum atomic E-state index is -0.858. The van der Waals surface area contributed by atoms with Crippen LogP contribution in [0.5, 0.6) is 0 Å². The Labute approximate surface area is 135 Å². The van der Waals surface area contributed by atoms with Gasteiger partial charge in [-0.05, 0) is 25.8 Å². The number of amides is 1. The fraction of sp³-hybridized carbons (Fsp3) is 0.444. The van der Waals surface area contributed by atoms with Crippen LogP contribution in [0.2, 0.25) is 0 Å². The smallest absolute Gasteiger partial charge is 0.305 e. The molecular weight excluding hydrogens is 292 g/mol. The lowest BCUT2D eigenvalue weighted by atomic mass is 9.92. The molecule has 0 bridgehead atoms. The molecule has 2 aromatic rings. The number of carboxylic acids is 1. The van der Waals surface area contributed by atoms with Crippen LogP contribution in [0.25, 0.3) is 10.9 Å². The van der Waals surface area contributed by atoms with Crippen molar-refractivity contribution in [2.24, 2.45) is 0 Å². The molecule has 0 atom stereocenters. The van der Waals surface area contributed by atoms with Gasteiger partial charge in [0.15, 0.2) is 0 Å². The molecule has 0 spiro atoms. The van der Waals surface area contributed by atoms with Crippen molar-refractivity contribution in [1.82, 2.24) is 9.88 Å². The van der Waals surface area contributed by atoms with Crippen molar-refractivity contribution in [3.05, 3.63) is 36.0 Å². The number of nitrogens with zero attached hydrogens (tertiary/aromatic N) is 1. The number of fused-ring (bicyclic) bond motifs is 1. The van der Waals surface area contributed by atoms with Crippen LogP contribution in [0.4, 0.5) is 0 Å². The van der Waals surface area contributed by atoms with E-state index in [9.17, 15) is 14.7 Å². The van der Waals surface area contributed by atoms with Crippen LogP contribution in [-0.4, -0.2) is 27.1 Å². The number of rotatable bonds is 5. The van der Waals surface area contributed by atoms with Gasteiger partial charge in [0, 0.05) is 23.6 Å². The fourth-order valence-electron chi connectivity index (χ4n) is 3.68. The van der Waals surface area contributed by atoms with Gasteiger partial charge in [-0.2, -0.15) is 0 Å². The molecule has 23 heavy (non-hydrogen) atoms. The van der Waals surface area contributed by atoms with Crippen molar-refractivity contribution in [3.63, 3.8) is 0 Å². The highest BCUT2D eigenvalue weighted by molar-refractivity contribution is 6.07. The van der Waals surface area contributed by atoms with E-state index in [-0.39, 0.29) is 12.3 Å². The number of aryl methyl sites for hydroxylation is 1. The van der Waals surface area contributed by atoms with E-state index >= 15 is 0 Å². The van der Waals surface area contributed by atoms with Gasteiger partial charge in [-0.3, -0.25) is 9.59 Å². The Morgan fingerprint density at radius 2 is 1.96 bits per heavy atom. The summed E-state index contributed by atoms with van der Waals surface area (Å²) in [5, 5.41) is 13.1. The molecule has 0 unspecified atom stereocenters. The molecule has 2 N–H and O–H groups in total. The first-order valence-corrected chi connectivity index (χ1v) is 8.17. The minimum Gasteiger partial charge on any atom is -0.481 e. The largest absolute Gasteiger partial charge is 0.481 e. The number of carboxylic acid groups (broad SMARTS) is 1. The van der Waals surface area contributed by atoms with Crippen LogP contribution < -0.4 is 5.32 Å². The van der Waals surface area contributed by atoms with Crippen LogP contribution in [0, 0.1) is 0 Å². The number of hydrogen-bond donors (Lipinski definition) is 2. The summed E-state index contributed by atoms with van der Waals surface area (Å²) < 4.78 is 2.04. The van der Waals surface area contributed by atoms with Crippen molar-refractivity contribution >= 4 is 22.8 Å². The molecule has 1 amide bonds. The number of hydrogen-bond acceptors (Lipinski definition) is 2. The van der Waals surface area contributed by atoms with Gasteiger partial charge in [-0.15, -0.1) is 0 Å². The second-order valence-electron chi connectivity index (χ2n) is 6.36. The van der Waals surface area contributed by atoms with Crippen molar-refractivity contribution in [2.45, 2.75) is 51.1 Å². The van der Waals surface area contributed by atoms with E-state index in [1.54, 1.807) is 0 Å². The molecule has 0 aliphatic heterocycles. The first kappa shape index (κ1) is 15.6. The molecule has 0 radical (unpaired) electrons. The Bertz CT molecular complexity index is 742. The number of nitrogens with one attached hydrogen (secondary N) is 1. The zero-order valence-electron chi connectivity index (χ0n) is 13.3. The fourth-order valence-corrected chi connectivity index (χ4v) is 3.68. The van der Waals surface area contributed by atoms with Crippen LogP contribution >= 0.6 is 0 Å². The molecule has 1 fully saturated rings. The normalized spacial score (nSPS) is 16.6. The summed E-state index contributed by atoms with van der Waals surface area (Å²) in [5.74, 6) is -1.03. The molecule has 1 saturated carbocycles. The van der Waals surface area contributed by atoms with Crippen molar-refractivity contribution in [1.29, 1.82) is 0 Å². The zero-order chi connectivity index (χ0) is 16.4. The highest BCUT2D eigenvalue weighted by atomic mass is 16.4. The number of benzene rings is 1. The third kappa shape index (κ3) is 2.96. The van der Waals surface area contributed by atoms with Gasteiger partial charge >= 0.3 is 5.97 Å². The number of aliphatic carboxylic acids is 1. The Morgan fingerprint density at radius 3 is 2.61 bits per heavy atom. The van der Waals surface area contributed by atoms with Crippen LogP contribution in [0.1, 0.15) is 49.4 Å². The average molecular weight is 314 g/mol. The molecule has 3 rings (SSSR count). The van der Waals surface area contributed by atoms with Gasteiger partial charge in [0.25, 0.3) is 5.91 Å². The maximum atomic E-state index is 12.8. The van der Waals surface area contributed by atoms with Crippen molar-refractivity contribution in [2.75, 3.05) is 0 Å². The summed E-state index contributed by atoms with van der Waals surface area (Å²) in [7, 11) is 0. The average Bonchev–Trinajstić information content (AvgIpc) is 3.11. The van der Waals surface area contributed by atoms with Gasteiger partial charge in [0.05, 0.1) is 17.5 Å². The summed E-state index contributed by atoms with van der Waals surface area (Å²) in [5.41, 5.74) is 1.05. The third-order valence-electron chi connectivity index (χ3n) is 4.80. The Kier molecular flexibility index (Phi) is 4.11. The second kappa shape index (κ2) is 6.07. The standard InChI is InChI=1S/C18H22N2O3/c1-2-20-12-14(13-7-3-4-8-15(13)20)17(23)19-18(11-16(21)22)9-5-6-10-18/h3-4,7-8,12H,2,5-6,9-11H2,1H3,(H,19,23)(H,21,22). The molecule has 5 heteroatoms. The molecular formula is C18H22N2O3. The quantitative estimate of drug-likeness (QED) is 0.890. The highest BCUT2D eigenvalue weighted by Gasteiger charge is 2.38. The summed E-state index contributed by atoms with van der Waals surface area (Å²) in [6.45, 7) is 2.82. The number of aromatic nitrogens is 1. The molecule has 122 valence electrons. The molecule has 1 aliphatic rings. The summed E-state index contributed by atoms with van der Waals surface area (Å²) >= 11 is 0. The first-order valence-electron chi connectivity index (χ1n) is 8.17. The summed E-state index contributed by atoms with van der Waals surface area (Å²) in [4.78, 5) is 24.0. The number of carbonyl (C=O) groups excluding carboxylic acids is 1. The maximum Gasteiger partial charge on any atom is 0.305 e. The van der Waals surface area contributed by atoms with Gasteiger partial charge < -0.3 is 15.0 Å². The topological polar surface area (TPSA) is 71.3 Å². The Balaban J connectivity index is 1.92. The van der Waals surface area contributed by atoms with E-state index in [2.05, 4.69) is 5.32 Å². The lowest BCUT2D eigenvalue weighted by Gasteiger charge is -2.28. The van der Waals surface area contributed by atoms with Crippen LogP contribution in [0.15, 0.2) is 30.5 Å². The van der Waals surface area contributed by atoms with E-state index in [0.29, 0.717) is 5.56 Å². The number of carbonyl (C=O) groups is 2. The molecule has 5 nitrogen and oxygen atoms in total. The first-order chi connectivity index (χ1) is 11.0. The lowest BCUT2D eigenvalue weighted by molar-refractivity contribution is -0.138. The van der Waals surface area contributed by atoms with E-state index in [1.165, 1.54) is 0 Å². The second-order valence-corrected chi connectivity index (χ2v) is 6.36. The summed E-state index contributed by atoms with van der Waals surface area (Å²) in [6, 6.07) is 7.81. The minimum absolute atomic E-state index is 0.00877. The van der Waals surface area contributed by atoms with Crippen LogP contribution in [0.3, 0.4) is 0 Å². The monoisotopic (exact) mass is 314 g/mol. The SMILES string of the molecule is CCn1cc(C(=O)NC2(CC(=O)O)CCCC2)c2ccccc21. The highest BCUT2D eigenvalue weighted by Crippen LogP contribution is 2.33. The van der Waals surface area contributed by atoms with Crippen LogP contribution in [-0.2, 0) is 11.3 Å². The summed E-state index contributed by atoms with van der Waals surface area (Å²) in [6.07, 6.45) is 5.25. The Hall–Kier alpha value is -2.30. The van der Waals surface area contributed by atoms with E-state index in [4.69, 9.17) is 0 Å². The maximum absolute atomic E-state index is 12.8. The molecule has 1 heterocycles. The van der Waals surface area contributed by atoms with E-state index < -0.39 is 11.5 Å². The van der Waals surface area contributed by atoms with Crippen molar-refractivity contribution < 1.29 is 14.7 Å². The third-order valence-corrected chi connectivity index (χ3v) is 4.80.